The molecule has 1 aliphatic heterocycles. The lowest BCUT2D eigenvalue weighted by Gasteiger charge is -2.23. The van der Waals surface area contributed by atoms with Crippen molar-refractivity contribution >= 4 is 0 Å². The molecule has 2 heterocycles. The fourth-order valence-electron chi connectivity index (χ4n) is 2.74. The molecule has 21 heavy (non-hydrogen) atoms. The second-order valence-electron chi connectivity index (χ2n) is 5.55. The Hall–Kier alpha value is -1.88. The van der Waals surface area contributed by atoms with Crippen LogP contribution in [0.15, 0.2) is 28.8 Å². The van der Waals surface area contributed by atoms with Gasteiger partial charge in [-0.05, 0) is 25.3 Å². The number of rotatable bonds is 4. The highest BCUT2D eigenvalue weighted by Crippen LogP contribution is 2.37. The highest BCUT2D eigenvalue weighted by Gasteiger charge is 2.32. The zero-order valence-electron chi connectivity index (χ0n) is 12.5. The Labute approximate surface area is 124 Å². The zero-order valence-corrected chi connectivity index (χ0v) is 12.5. The van der Waals surface area contributed by atoms with Crippen LogP contribution in [0.25, 0.3) is 0 Å². The standard InChI is InChI=1S/C16H21N3O2/c1-3-16(17,4-2)15-18-14(21-19-15)12-9-10-20-13-8-6-5-7-11(12)13/h5-8,12H,3-4,9-10,17H2,1-2H3. The van der Waals surface area contributed by atoms with Gasteiger partial charge in [0.05, 0.1) is 18.1 Å². The van der Waals surface area contributed by atoms with Crippen LogP contribution in [0.4, 0.5) is 0 Å². The van der Waals surface area contributed by atoms with Crippen LogP contribution in [-0.2, 0) is 5.54 Å². The van der Waals surface area contributed by atoms with Gasteiger partial charge in [0.15, 0.2) is 5.82 Å². The van der Waals surface area contributed by atoms with Gasteiger partial charge in [-0.2, -0.15) is 4.98 Å². The van der Waals surface area contributed by atoms with Crippen LogP contribution >= 0.6 is 0 Å². The summed E-state index contributed by atoms with van der Waals surface area (Å²) in [6.45, 7) is 4.75. The Morgan fingerprint density at radius 2 is 2.05 bits per heavy atom. The van der Waals surface area contributed by atoms with Crippen LogP contribution in [-0.4, -0.2) is 16.7 Å². The van der Waals surface area contributed by atoms with Crippen LogP contribution in [0, 0.1) is 0 Å². The Morgan fingerprint density at radius 1 is 1.29 bits per heavy atom. The number of ether oxygens (including phenoxy) is 1. The van der Waals surface area contributed by atoms with Crippen molar-refractivity contribution in [3.05, 3.63) is 41.5 Å². The summed E-state index contributed by atoms with van der Waals surface area (Å²) >= 11 is 0. The molecule has 0 aliphatic carbocycles. The van der Waals surface area contributed by atoms with Gasteiger partial charge in [0.1, 0.15) is 5.75 Å². The van der Waals surface area contributed by atoms with Crippen LogP contribution in [0.5, 0.6) is 5.75 Å². The molecule has 112 valence electrons. The SMILES string of the molecule is CCC(N)(CC)c1noc(C2CCOc3ccccc32)n1. The monoisotopic (exact) mass is 287 g/mol. The van der Waals surface area contributed by atoms with Crippen molar-refractivity contribution < 1.29 is 9.26 Å². The summed E-state index contributed by atoms with van der Waals surface area (Å²) in [7, 11) is 0. The lowest BCUT2D eigenvalue weighted by Crippen LogP contribution is -2.36. The first-order chi connectivity index (χ1) is 10.2. The van der Waals surface area contributed by atoms with E-state index in [1.165, 1.54) is 0 Å². The molecule has 3 rings (SSSR count). The molecular weight excluding hydrogens is 266 g/mol. The number of nitrogens with zero attached hydrogens (tertiary/aromatic N) is 2. The normalized spacial score (nSPS) is 18.1. The average Bonchev–Trinajstić information content (AvgIpc) is 3.04. The van der Waals surface area contributed by atoms with E-state index in [2.05, 4.69) is 16.2 Å². The van der Waals surface area contributed by atoms with E-state index in [1.54, 1.807) is 0 Å². The Balaban J connectivity index is 1.95. The molecule has 1 unspecified atom stereocenters. The van der Waals surface area contributed by atoms with E-state index in [-0.39, 0.29) is 5.92 Å². The molecule has 0 saturated carbocycles. The third kappa shape index (κ3) is 2.42. The fraction of sp³-hybridized carbons (Fsp3) is 0.500. The molecule has 2 N–H and O–H groups in total. The summed E-state index contributed by atoms with van der Waals surface area (Å²) in [6.07, 6.45) is 2.41. The third-order valence-electron chi connectivity index (χ3n) is 4.41. The number of aromatic nitrogens is 2. The number of fused-ring (bicyclic) bond motifs is 1. The van der Waals surface area contributed by atoms with Gasteiger partial charge in [0, 0.05) is 5.56 Å². The predicted molar refractivity (Wildman–Crippen MR) is 79.1 cm³/mol. The Morgan fingerprint density at radius 3 is 2.81 bits per heavy atom. The molecule has 0 saturated heterocycles. The fourth-order valence-corrected chi connectivity index (χ4v) is 2.74. The maximum Gasteiger partial charge on any atom is 0.234 e. The molecule has 1 atom stereocenters. The average molecular weight is 287 g/mol. The third-order valence-corrected chi connectivity index (χ3v) is 4.41. The summed E-state index contributed by atoms with van der Waals surface area (Å²) in [6, 6.07) is 8.01. The number of nitrogens with two attached hydrogens (primary N) is 1. The highest BCUT2D eigenvalue weighted by atomic mass is 16.5. The summed E-state index contributed by atoms with van der Waals surface area (Å²) in [4.78, 5) is 4.59. The number of hydrogen-bond donors (Lipinski definition) is 1. The predicted octanol–water partition coefficient (Wildman–Crippen LogP) is 2.96. The van der Waals surface area contributed by atoms with Gasteiger partial charge in [0.25, 0.3) is 0 Å². The molecular formula is C16H21N3O2. The molecule has 1 aliphatic rings. The lowest BCUT2D eigenvalue weighted by atomic mass is 9.92. The molecule has 0 fully saturated rings. The molecule has 2 aromatic rings. The lowest BCUT2D eigenvalue weighted by molar-refractivity contribution is 0.255. The minimum atomic E-state index is -0.508. The van der Waals surface area contributed by atoms with E-state index >= 15 is 0 Å². The highest BCUT2D eigenvalue weighted by molar-refractivity contribution is 5.40. The second-order valence-corrected chi connectivity index (χ2v) is 5.55. The summed E-state index contributed by atoms with van der Waals surface area (Å²) in [5.74, 6) is 2.23. The van der Waals surface area contributed by atoms with Gasteiger partial charge >= 0.3 is 0 Å². The smallest absolute Gasteiger partial charge is 0.234 e. The molecule has 0 spiro atoms. The van der Waals surface area contributed by atoms with Crippen molar-refractivity contribution in [3.8, 4) is 5.75 Å². The largest absolute Gasteiger partial charge is 0.493 e. The van der Waals surface area contributed by atoms with Gasteiger partial charge < -0.3 is 15.0 Å². The first kappa shape index (κ1) is 14.1. The second kappa shape index (κ2) is 5.48. The van der Waals surface area contributed by atoms with E-state index in [4.69, 9.17) is 15.0 Å². The molecule has 1 aromatic heterocycles. The van der Waals surface area contributed by atoms with E-state index < -0.39 is 5.54 Å². The molecule has 0 bridgehead atoms. The summed E-state index contributed by atoms with van der Waals surface area (Å²) in [5.41, 5.74) is 6.94. The molecule has 0 amide bonds. The number of para-hydroxylation sites is 1. The van der Waals surface area contributed by atoms with Gasteiger partial charge in [-0.1, -0.05) is 37.2 Å². The van der Waals surface area contributed by atoms with Gasteiger partial charge in [-0.3, -0.25) is 0 Å². The molecule has 5 nitrogen and oxygen atoms in total. The number of hydrogen-bond acceptors (Lipinski definition) is 5. The Bertz CT molecular complexity index is 619. The van der Waals surface area contributed by atoms with Crippen molar-refractivity contribution in [1.82, 2.24) is 10.1 Å². The first-order valence-electron chi connectivity index (χ1n) is 7.52. The van der Waals surface area contributed by atoms with Crippen molar-refractivity contribution in [2.45, 2.75) is 44.6 Å². The summed E-state index contributed by atoms with van der Waals surface area (Å²) in [5, 5.41) is 4.13. The first-order valence-corrected chi connectivity index (χ1v) is 7.52. The van der Waals surface area contributed by atoms with Gasteiger partial charge in [-0.15, -0.1) is 0 Å². The van der Waals surface area contributed by atoms with E-state index in [0.717, 1.165) is 30.6 Å². The van der Waals surface area contributed by atoms with Crippen molar-refractivity contribution in [1.29, 1.82) is 0 Å². The van der Waals surface area contributed by atoms with Crippen LogP contribution < -0.4 is 10.5 Å². The van der Waals surface area contributed by atoms with E-state index in [0.29, 0.717) is 18.3 Å². The zero-order chi connectivity index (χ0) is 14.9. The van der Waals surface area contributed by atoms with Crippen molar-refractivity contribution in [2.75, 3.05) is 6.61 Å². The minimum absolute atomic E-state index is 0.0918. The molecule has 5 heteroatoms. The van der Waals surface area contributed by atoms with Crippen molar-refractivity contribution in [3.63, 3.8) is 0 Å². The maximum atomic E-state index is 6.35. The van der Waals surface area contributed by atoms with Crippen LogP contribution in [0.2, 0.25) is 0 Å². The van der Waals surface area contributed by atoms with Crippen molar-refractivity contribution in [2.24, 2.45) is 5.73 Å². The van der Waals surface area contributed by atoms with E-state index in [1.807, 2.05) is 32.0 Å². The van der Waals surface area contributed by atoms with E-state index in [9.17, 15) is 0 Å². The molecule has 0 radical (unpaired) electrons. The quantitative estimate of drug-likeness (QED) is 0.935. The van der Waals surface area contributed by atoms with Gasteiger partial charge in [-0.25, -0.2) is 0 Å². The topological polar surface area (TPSA) is 74.2 Å². The Kier molecular flexibility index (Phi) is 3.68. The minimum Gasteiger partial charge on any atom is -0.493 e. The van der Waals surface area contributed by atoms with Gasteiger partial charge in [0.2, 0.25) is 5.89 Å². The van der Waals surface area contributed by atoms with Crippen LogP contribution in [0.3, 0.4) is 0 Å². The molecule has 1 aromatic carbocycles. The maximum absolute atomic E-state index is 6.35. The summed E-state index contributed by atoms with van der Waals surface area (Å²) < 4.78 is 11.2. The van der Waals surface area contributed by atoms with Crippen LogP contribution in [0.1, 0.15) is 56.3 Å². The number of benzene rings is 1.